The molecule has 8 heteroatoms. The number of ether oxygens (including phenoxy) is 1. The maximum absolute atomic E-state index is 12.2. The molecule has 2 aromatic rings. The standard InChI is InChI=1S/C19H19ClN4O3/c1-12-2-3-13(10-15(12)20)21-19-22-16(18(25)23-19)11-14-4-5-17(27-14)24-6-8-26-9-7-24/h2-5,10-11H,6-9H2,1H3,(H2,21,22,23,25). The molecule has 140 valence electrons. The number of nitrogens with one attached hydrogen (secondary N) is 2. The summed E-state index contributed by atoms with van der Waals surface area (Å²) in [6.07, 6.45) is 1.62. The summed E-state index contributed by atoms with van der Waals surface area (Å²) >= 11 is 6.13. The second-order valence-electron chi connectivity index (χ2n) is 6.31. The molecule has 0 atom stereocenters. The zero-order valence-electron chi connectivity index (χ0n) is 14.8. The fourth-order valence-electron chi connectivity index (χ4n) is 2.84. The number of guanidine groups is 1. The number of aliphatic imine (C=N–C) groups is 1. The monoisotopic (exact) mass is 386 g/mol. The second kappa shape index (κ2) is 7.46. The molecular formula is C19H19ClN4O3. The number of furan rings is 1. The van der Waals surface area contributed by atoms with Crippen LogP contribution in [0.15, 0.2) is 45.4 Å². The van der Waals surface area contributed by atoms with Crippen molar-refractivity contribution in [3.8, 4) is 0 Å². The third-order valence-corrected chi connectivity index (χ3v) is 4.75. The topological polar surface area (TPSA) is 79.1 Å². The summed E-state index contributed by atoms with van der Waals surface area (Å²) in [6, 6.07) is 9.27. The first kappa shape index (κ1) is 17.6. The Bertz CT molecular complexity index is 929. The van der Waals surface area contributed by atoms with Crippen molar-refractivity contribution in [1.82, 2.24) is 5.32 Å². The minimum absolute atomic E-state index is 0.276. The number of benzene rings is 1. The van der Waals surface area contributed by atoms with Gasteiger partial charge in [0.25, 0.3) is 5.91 Å². The molecule has 1 fully saturated rings. The highest BCUT2D eigenvalue weighted by Crippen LogP contribution is 2.23. The Balaban J connectivity index is 1.49. The normalized spacial score (nSPS) is 18.6. The van der Waals surface area contributed by atoms with E-state index in [0.29, 0.717) is 30.0 Å². The van der Waals surface area contributed by atoms with Gasteiger partial charge in [-0.15, -0.1) is 0 Å². The van der Waals surface area contributed by atoms with Crippen LogP contribution in [0, 0.1) is 6.92 Å². The van der Waals surface area contributed by atoms with Gasteiger partial charge in [0, 0.05) is 35.9 Å². The zero-order valence-corrected chi connectivity index (χ0v) is 15.5. The number of nitrogens with zero attached hydrogens (tertiary/aromatic N) is 2. The van der Waals surface area contributed by atoms with Gasteiger partial charge in [0.1, 0.15) is 11.5 Å². The summed E-state index contributed by atoms with van der Waals surface area (Å²) in [5, 5.41) is 6.39. The van der Waals surface area contributed by atoms with E-state index in [0.717, 1.165) is 30.2 Å². The highest BCUT2D eigenvalue weighted by atomic mass is 35.5. The first-order valence-electron chi connectivity index (χ1n) is 8.66. The maximum atomic E-state index is 12.2. The van der Waals surface area contributed by atoms with E-state index in [9.17, 15) is 4.79 Å². The van der Waals surface area contributed by atoms with Crippen molar-refractivity contribution < 1.29 is 13.9 Å². The largest absolute Gasteiger partial charge is 0.441 e. The summed E-state index contributed by atoms with van der Waals surface area (Å²) < 4.78 is 11.2. The van der Waals surface area contributed by atoms with Crippen molar-refractivity contribution in [2.75, 3.05) is 36.5 Å². The highest BCUT2D eigenvalue weighted by Gasteiger charge is 2.21. The Labute approximate surface area is 161 Å². The summed E-state index contributed by atoms with van der Waals surface area (Å²) in [6.45, 7) is 4.87. The number of anilines is 2. The van der Waals surface area contributed by atoms with E-state index < -0.39 is 0 Å². The molecule has 4 rings (SSSR count). The van der Waals surface area contributed by atoms with Crippen molar-refractivity contribution >= 4 is 41.1 Å². The lowest BCUT2D eigenvalue weighted by molar-refractivity contribution is -0.115. The van der Waals surface area contributed by atoms with Gasteiger partial charge < -0.3 is 19.4 Å². The minimum atomic E-state index is -0.292. The SMILES string of the molecule is Cc1ccc(NC2=NC(=Cc3ccc(N4CCOCC4)o3)C(=O)N2)cc1Cl. The van der Waals surface area contributed by atoms with Gasteiger partial charge in [-0.1, -0.05) is 17.7 Å². The van der Waals surface area contributed by atoms with Crippen LogP contribution in [0.25, 0.3) is 6.08 Å². The van der Waals surface area contributed by atoms with Crippen molar-refractivity contribution in [1.29, 1.82) is 0 Å². The van der Waals surface area contributed by atoms with Crippen LogP contribution in [0.1, 0.15) is 11.3 Å². The number of carbonyl (C=O) groups is 1. The van der Waals surface area contributed by atoms with Gasteiger partial charge in [0.15, 0.2) is 5.88 Å². The van der Waals surface area contributed by atoms with E-state index in [4.69, 9.17) is 20.8 Å². The zero-order chi connectivity index (χ0) is 18.8. The van der Waals surface area contributed by atoms with E-state index in [1.165, 1.54) is 0 Å². The van der Waals surface area contributed by atoms with E-state index in [2.05, 4.69) is 20.5 Å². The van der Waals surface area contributed by atoms with Crippen LogP contribution >= 0.6 is 11.6 Å². The van der Waals surface area contributed by atoms with Crippen molar-refractivity contribution in [2.24, 2.45) is 4.99 Å². The molecule has 0 aliphatic carbocycles. The molecule has 2 aliphatic rings. The fourth-order valence-corrected chi connectivity index (χ4v) is 3.02. The first-order valence-corrected chi connectivity index (χ1v) is 9.04. The third kappa shape index (κ3) is 3.99. The number of amides is 1. The van der Waals surface area contributed by atoms with Crippen molar-refractivity contribution in [3.05, 3.63) is 52.4 Å². The maximum Gasteiger partial charge on any atom is 0.276 e. The van der Waals surface area contributed by atoms with Gasteiger partial charge in [-0.05, 0) is 30.7 Å². The molecule has 2 N–H and O–H groups in total. The quantitative estimate of drug-likeness (QED) is 0.793. The summed E-state index contributed by atoms with van der Waals surface area (Å²) in [5.41, 5.74) is 2.01. The van der Waals surface area contributed by atoms with Crippen LogP contribution in [0.2, 0.25) is 5.02 Å². The van der Waals surface area contributed by atoms with E-state index in [-0.39, 0.29) is 11.6 Å². The highest BCUT2D eigenvalue weighted by molar-refractivity contribution is 6.31. The Hall–Kier alpha value is -2.77. The Morgan fingerprint density at radius 1 is 1.26 bits per heavy atom. The second-order valence-corrected chi connectivity index (χ2v) is 6.72. The molecule has 1 aromatic heterocycles. The van der Waals surface area contributed by atoms with E-state index in [1.54, 1.807) is 12.1 Å². The molecule has 0 saturated carbocycles. The molecule has 2 aliphatic heterocycles. The van der Waals surface area contributed by atoms with Crippen LogP contribution in [0.5, 0.6) is 0 Å². The number of morpholine rings is 1. The average molecular weight is 387 g/mol. The number of carbonyl (C=O) groups excluding carboxylic acids is 1. The van der Waals surface area contributed by atoms with E-state index >= 15 is 0 Å². The predicted octanol–water partition coefficient (Wildman–Crippen LogP) is 3.02. The lowest BCUT2D eigenvalue weighted by Gasteiger charge is -2.26. The summed E-state index contributed by atoms with van der Waals surface area (Å²) in [4.78, 5) is 18.6. The van der Waals surface area contributed by atoms with Crippen molar-refractivity contribution in [3.63, 3.8) is 0 Å². The van der Waals surface area contributed by atoms with Crippen LogP contribution in [0.3, 0.4) is 0 Å². The molecule has 3 heterocycles. The predicted molar refractivity (Wildman–Crippen MR) is 105 cm³/mol. The summed E-state index contributed by atoms with van der Waals surface area (Å²) in [7, 11) is 0. The number of halogens is 1. The van der Waals surface area contributed by atoms with Crippen LogP contribution in [0.4, 0.5) is 11.6 Å². The Kier molecular flexibility index (Phi) is 4.87. The third-order valence-electron chi connectivity index (χ3n) is 4.35. The van der Waals surface area contributed by atoms with Crippen molar-refractivity contribution in [2.45, 2.75) is 6.92 Å². The smallest absolute Gasteiger partial charge is 0.276 e. The van der Waals surface area contributed by atoms with Gasteiger partial charge in [-0.25, -0.2) is 4.99 Å². The molecular weight excluding hydrogens is 368 g/mol. The molecule has 0 radical (unpaired) electrons. The molecule has 1 aromatic carbocycles. The van der Waals surface area contributed by atoms with Gasteiger partial charge in [0.2, 0.25) is 5.96 Å². The minimum Gasteiger partial charge on any atom is -0.441 e. The molecule has 27 heavy (non-hydrogen) atoms. The number of hydrogen-bond donors (Lipinski definition) is 2. The lowest BCUT2D eigenvalue weighted by Crippen LogP contribution is -2.35. The van der Waals surface area contributed by atoms with Crippen LogP contribution in [-0.2, 0) is 9.53 Å². The first-order chi connectivity index (χ1) is 13.1. The number of hydrogen-bond acceptors (Lipinski definition) is 6. The van der Waals surface area contributed by atoms with Gasteiger partial charge in [-0.2, -0.15) is 0 Å². The molecule has 0 bridgehead atoms. The van der Waals surface area contributed by atoms with Gasteiger partial charge >= 0.3 is 0 Å². The Morgan fingerprint density at radius 2 is 2.07 bits per heavy atom. The van der Waals surface area contributed by atoms with Crippen LogP contribution < -0.4 is 15.5 Å². The number of aryl methyl sites for hydroxylation is 1. The molecule has 1 amide bonds. The van der Waals surface area contributed by atoms with Gasteiger partial charge in [-0.3, -0.25) is 10.1 Å². The molecule has 0 unspecified atom stereocenters. The summed E-state index contributed by atoms with van der Waals surface area (Å²) in [5.74, 6) is 1.40. The fraction of sp³-hybridized carbons (Fsp3) is 0.263. The Morgan fingerprint density at radius 3 is 2.85 bits per heavy atom. The molecule has 7 nitrogen and oxygen atoms in total. The molecule has 0 spiro atoms. The van der Waals surface area contributed by atoms with Gasteiger partial charge in [0.05, 0.1) is 13.2 Å². The van der Waals surface area contributed by atoms with Crippen LogP contribution in [-0.4, -0.2) is 38.2 Å². The molecule has 1 saturated heterocycles. The van der Waals surface area contributed by atoms with E-state index in [1.807, 2.05) is 31.2 Å². The lowest BCUT2D eigenvalue weighted by atomic mass is 10.2. The average Bonchev–Trinajstić information content (AvgIpc) is 3.26. The number of rotatable bonds is 3.